The Morgan fingerprint density at radius 2 is 0.333 bits per heavy atom. The highest BCUT2D eigenvalue weighted by molar-refractivity contribution is 6.14. The molecule has 1 aromatic carbocycles. The number of nitrogens with zero attached hydrogens (tertiary/aromatic N) is 6. The number of aryl methyl sites for hydroxylation is 6. The molecule has 0 saturated heterocycles. The van der Waals surface area contributed by atoms with Crippen LogP contribution in [0.1, 0.15) is 119 Å². The molecule has 0 aliphatic carbocycles. The molecule has 7 rings (SSSR count). The second-order valence-corrected chi connectivity index (χ2v) is 18.3. The van der Waals surface area contributed by atoms with E-state index in [9.17, 15) is 0 Å². The predicted octanol–water partition coefficient (Wildman–Crippen LogP) is 12.2. The molecule has 0 aliphatic rings. The molecule has 6 aromatic heterocycles. The van der Waals surface area contributed by atoms with E-state index in [1.807, 2.05) is 0 Å². The second kappa shape index (κ2) is 24.6. The molecule has 0 spiro atoms. The van der Waals surface area contributed by atoms with E-state index in [2.05, 4.69) is 216 Å². The fraction of sp³-hybridized carbons (Fsp3) is 0.400. The molecule has 7 aromatic rings. The van der Waals surface area contributed by atoms with Crippen LogP contribution in [0.15, 0.2) is 147 Å². The van der Waals surface area contributed by atoms with Crippen molar-refractivity contribution in [2.75, 3.05) is 0 Å². The van der Waals surface area contributed by atoms with Crippen molar-refractivity contribution in [3.8, 4) is 66.8 Å². The smallest absolute Gasteiger partial charge is 0.169 e. The van der Waals surface area contributed by atoms with Crippen LogP contribution in [-0.4, -0.2) is 0 Å². The van der Waals surface area contributed by atoms with Crippen LogP contribution in [0.5, 0.6) is 0 Å². The van der Waals surface area contributed by atoms with Crippen LogP contribution in [0, 0.1) is 0 Å². The summed E-state index contributed by atoms with van der Waals surface area (Å²) in [4.78, 5) is 0. The summed E-state index contributed by atoms with van der Waals surface area (Å²) in [6, 6.07) is 28.6. The molecule has 6 heteroatoms. The molecule has 0 saturated carbocycles. The zero-order valence-corrected chi connectivity index (χ0v) is 41.3. The van der Waals surface area contributed by atoms with Gasteiger partial charge in [0.2, 0.25) is 0 Å². The molecule has 342 valence electrons. The Morgan fingerprint density at radius 1 is 0.212 bits per heavy atom. The van der Waals surface area contributed by atoms with E-state index in [-0.39, 0.29) is 0 Å². The Hall–Kier alpha value is -5.88. The third kappa shape index (κ3) is 11.9. The first kappa shape index (κ1) is 48.1. The average Bonchev–Trinajstić information content (AvgIpc) is 3.37. The van der Waals surface area contributed by atoms with E-state index in [4.69, 9.17) is 0 Å². The average molecular weight is 883 g/mol. The van der Waals surface area contributed by atoms with E-state index in [0.29, 0.717) is 0 Å². The molecule has 0 fully saturated rings. The molecule has 66 heavy (non-hydrogen) atoms. The van der Waals surface area contributed by atoms with E-state index < -0.39 is 0 Å². The molecule has 6 nitrogen and oxygen atoms in total. The van der Waals surface area contributed by atoms with E-state index in [1.165, 1.54) is 105 Å². The van der Waals surface area contributed by atoms with Gasteiger partial charge in [0.05, 0.1) is 0 Å². The van der Waals surface area contributed by atoms with Gasteiger partial charge in [-0.2, -0.15) is 0 Å². The number of rotatable bonds is 24. The van der Waals surface area contributed by atoms with Crippen molar-refractivity contribution in [3.05, 3.63) is 147 Å². The summed E-state index contributed by atoms with van der Waals surface area (Å²) in [5.74, 6) is 0. The molecular formula is C60H78N6+6. The number of aromatic nitrogens is 6. The van der Waals surface area contributed by atoms with Gasteiger partial charge in [0.25, 0.3) is 0 Å². The SMILES string of the molecule is CCCC[n+]1ccc(-c2c(-c3cc[n+](CCCC)cc3)c(-c3cc[n+](CCCC)cc3)c(-c3cc[n+](CCCC)cc3)c(-c3cc[n+](CCCC)cc3)c2-c2cc[n+](CCCC)cc2)cc1. The largest absolute Gasteiger partial charge is 0.205 e. The fourth-order valence-electron chi connectivity index (χ4n) is 9.16. The summed E-state index contributed by atoms with van der Waals surface area (Å²) in [5, 5.41) is 0. The van der Waals surface area contributed by atoms with Crippen molar-refractivity contribution < 1.29 is 27.4 Å². The Labute approximate surface area is 397 Å². The van der Waals surface area contributed by atoms with Crippen molar-refractivity contribution in [3.63, 3.8) is 0 Å². The summed E-state index contributed by atoms with van der Waals surface area (Å²) < 4.78 is 14.1. The van der Waals surface area contributed by atoms with Gasteiger partial charge in [-0.25, -0.2) is 27.4 Å². The lowest BCUT2D eigenvalue weighted by Gasteiger charge is -2.28. The Balaban J connectivity index is 1.68. The highest BCUT2D eigenvalue weighted by atomic mass is 14.9. The summed E-state index contributed by atoms with van der Waals surface area (Å²) in [6.45, 7) is 19.7. The first-order valence-electron chi connectivity index (χ1n) is 25.7. The molecule has 0 bridgehead atoms. The number of hydrogen-bond donors (Lipinski definition) is 0. The molecular weight excluding hydrogens is 805 g/mol. The van der Waals surface area contributed by atoms with Crippen LogP contribution in [0.3, 0.4) is 0 Å². The van der Waals surface area contributed by atoms with Crippen molar-refractivity contribution in [2.45, 2.75) is 158 Å². The molecule has 0 radical (unpaired) electrons. The van der Waals surface area contributed by atoms with Gasteiger partial charge in [-0.1, -0.05) is 80.1 Å². The number of pyridine rings is 6. The summed E-state index contributed by atoms with van der Waals surface area (Å²) in [5.41, 5.74) is 14.9. The number of benzene rings is 1. The predicted molar refractivity (Wildman–Crippen MR) is 270 cm³/mol. The standard InChI is InChI=1S/C60H78N6/c1-7-13-31-61-37-19-49(20-38-61)55-56(50-21-39-62(40-22-50)32-14-8-2)58(52-25-43-64(44-26-52)34-16-10-4)60(54-29-47-66(48-30-54)36-18-12-6)59(53-27-45-65(46-28-53)35-17-11-5)57(55)51-23-41-63(42-24-51)33-15-9-3/h19-30,37-48H,7-18,31-36H2,1-6H3/q+6. The lowest BCUT2D eigenvalue weighted by molar-refractivity contribution is -0.697. The van der Waals surface area contributed by atoms with Gasteiger partial charge >= 0.3 is 0 Å². The molecule has 6 heterocycles. The van der Waals surface area contributed by atoms with Crippen LogP contribution in [-0.2, 0) is 39.3 Å². The third-order valence-electron chi connectivity index (χ3n) is 13.2. The minimum absolute atomic E-state index is 1.01. The Morgan fingerprint density at radius 3 is 0.439 bits per heavy atom. The quantitative estimate of drug-likeness (QED) is 0.0540. The van der Waals surface area contributed by atoms with Gasteiger partial charge in [-0.05, 0) is 66.8 Å². The second-order valence-electron chi connectivity index (χ2n) is 18.3. The van der Waals surface area contributed by atoms with Crippen LogP contribution >= 0.6 is 0 Å². The van der Waals surface area contributed by atoms with Crippen molar-refractivity contribution >= 4 is 0 Å². The zero-order valence-electron chi connectivity index (χ0n) is 41.3. The third-order valence-corrected chi connectivity index (χ3v) is 13.2. The van der Waals surface area contributed by atoms with Crippen molar-refractivity contribution in [2.24, 2.45) is 0 Å². The zero-order chi connectivity index (χ0) is 46.1. The van der Waals surface area contributed by atoms with Crippen molar-refractivity contribution in [1.82, 2.24) is 0 Å². The first-order chi connectivity index (χ1) is 32.5. The number of hydrogen-bond acceptors (Lipinski definition) is 0. The monoisotopic (exact) mass is 883 g/mol. The fourth-order valence-corrected chi connectivity index (χ4v) is 9.16. The maximum atomic E-state index is 2.38. The van der Waals surface area contributed by atoms with Gasteiger partial charge < -0.3 is 0 Å². The normalized spacial score (nSPS) is 11.4. The topological polar surface area (TPSA) is 23.3 Å². The maximum Gasteiger partial charge on any atom is 0.169 e. The lowest BCUT2D eigenvalue weighted by atomic mass is 9.74. The van der Waals surface area contributed by atoms with Gasteiger partial charge in [0, 0.05) is 111 Å². The molecule has 0 unspecified atom stereocenters. The van der Waals surface area contributed by atoms with Crippen LogP contribution in [0.4, 0.5) is 0 Å². The van der Waals surface area contributed by atoms with Crippen LogP contribution < -0.4 is 27.4 Å². The van der Waals surface area contributed by atoms with Crippen LogP contribution in [0.2, 0.25) is 0 Å². The lowest BCUT2D eigenvalue weighted by Crippen LogP contribution is -2.33. The minimum Gasteiger partial charge on any atom is -0.205 e. The van der Waals surface area contributed by atoms with Crippen molar-refractivity contribution in [1.29, 1.82) is 0 Å². The molecule has 0 N–H and O–H groups in total. The van der Waals surface area contributed by atoms with Gasteiger partial charge in [-0.3, -0.25) is 0 Å². The Kier molecular flexibility index (Phi) is 17.9. The molecule has 0 aliphatic heterocycles. The van der Waals surface area contributed by atoms with E-state index >= 15 is 0 Å². The first-order valence-corrected chi connectivity index (χ1v) is 25.7. The maximum absolute atomic E-state index is 2.38. The van der Waals surface area contributed by atoms with E-state index in [1.54, 1.807) is 0 Å². The van der Waals surface area contributed by atoms with Gasteiger partial charge in [0.1, 0.15) is 39.3 Å². The molecule has 0 atom stereocenters. The summed E-state index contributed by atoms with van der Waals surface area (Å²) in [7, 11) is 0. The number of unbranched alkanes of at least 4 members (excludes halogenated alkanes) is 6. The van der Waals surface area contributed by atoms with E-state index in [0.717, 1.165) is 77.8 Å². The summed E-state index contributed by atoms with van der Waals surface area (Å²) in [6.07, 6.45) is 41.6. The highest BCUT2D eigenvalue weighted by Crippen LogP contribution is 2.55. The Bertz CT molecular complexity index is 2050. The molecule has 0 amide bonds. The van der Waals surface area contributed by atoms with Gasteiger partial charge in [0.15, 0.2) is 74.4 Å². The van der Waals surface area contributed by atoms with Crippen LogP contribution in [0.25, 0.3) is 66.8 Å². The van der Waals surface area contributed by atoms with Gasteiger partial charge in [-0.15, -0.1) is 0 Å². The minimum atomic E-state index is 1.01. The highest BCUT2D eigenvalue weighted by Gasteiger charge is 2.31. The summed E-state index contributed by atoms with van der Waals surface area (Å²) >= 11 is 0.